The molecule has 2 unspecified atom stereocenters. The Morgan fingerprint density at radius 2 is 2.30 bits per heavy atom. The van der Waals surface area contributed by atoms with Crippen LogP contribution in [0.15, 0.2) is 18.2 Å². The van der Waals surface area contributed by atoms with Crippen molar-refractivity contribution in [3.8, 4) is 5.75 Å². The number of rotatable bonds is 3. The van der Waals surface area contributed by atoms with Gasteiger partial charge in [-0.25, -0.2) is 0 Å². The third-order valence-electron chi connectivity index (χ3n) is 3.89. The second-order valence-corrected chi connectivity index (χ2v) is 6.07. The molecule has 1 fully saturated rings. The number of methoxy groups -OCH3 is 1. The van der Waals surface area contributed by atoms with Gasteiger partial charge in [0.15, 0.2) is 0 Å². The molecule has 1 amide bonds. The average Bonchev–Trinajstić information content (AvgIpc) is 2.40. The van der Waals surface area contributed by atoms with Crippen LogP contribution in [0, 0.1) is 5.92 Å². The molecule has 4 nitrogen and oxygen atoms in total. The van der Waals surface area contributed by atoms with E-state index in [1.807, 2.05) is 0 Å². The van der Waals surface area contributed by atoms with Crippen molar-refractivity contribution in [2.45, 2.75) is 38.1 Å². The minimum atomic E-state index is -0.773. The van der Waals surface area contributed by atoms with E-state index in [0.717, 1.165) is 25.7 Å². The molecule has 2 rings (SSSR count). The Morgan fingerprint density at radius 1 is 1.55 bits per heavy atom. The summed E-state index contributed by atoms with van der Waals surface area (Å²) < 4.78 is 5.14. The smallest absolute Gasteiger partial charge is 0.244 e. The van der Waals surface area contributed by atoms with Crippen LogP contribution in [-0.2, 0) is 4.79 Å². The highest BCUT2D eigenvalue weighted by Crippen LogP contribution is 2.32. The van der Waals surface area contributed by atoms with Crippen LogP contribution in [0.2, 0.25) is 5.02 Å². The first kappa shape index (κ1) is 15.1. The molecule has 0 heterocycles. The number of benzene rings is 1. The number of hydrogen-bond donors (Lipinski definition) is 2. The standard InChI is InChI=1S/C15H21ClN2O2/c1-10-4-3-7-15(17,9-10)14(19)18-11-5-6-12(16)13(8-11)20-2/h5-6,8,10H,3-4,7,9,17H2,1-2H3,(H,18,19). The lowest BCUT2D eigenvalue weighted by atomic mass is 9.76. The summed E-state index contributed by atoms with van der Waals surface area (Å²) in [6.07, 6.45) is 3.59. The molecule has 1 aliphatic rings. The van der Waals surface area contributed by atoms with Gasteiger partial charge < -0.3 is 15.8 Å². The third kappa shape index (κ3) is 3.25. The van der Waals surface area contributed by atoms with Crippen molar-refractivity contribution in [1.82, 2.24) is 0 Å². The first-order chi connectivity index (χ1) is 9.44. The molecular weight excluding hydrogens is 276 g/mol. The predicted octanol–water partition coefficient (Wildman–Crippen LogP) is 3.19. The van der Waals surface area contributed by atoms with Gasteiger partial charge >= 0.3 is 0 Å². The first-order valence-electron chi connectivity index (χ1n) is 6.88. The van der Waals surface area contributed by atoms with E-state index in [2.05, 4.69) is 12.2 Å². The molecule has 5 heteroatoms. The topological polar surface area (TPSA) is 64.3 Å². The van der Waals surface area contributed by atoms with E-state index in [1.165, 1.54) is 0 Å². The fourth-order valence-electron chi connectivity index (χ4n) is 2.79. The number of amides is 1. The lowest BCUT2D eigenvalue weighted by molar-refractivity contribution is -0.122. The van der Waals surface area contributed by atoms with E-state index in [9.17, 15) is 4.79 Å². The van der Waals surface area contributed by atoms with Crippen molar-refractivity contribution in [2.75, 3.05) is 12.4 Å². The van der Waals surface area contributed by atoms with E-state index < -0.39 is 5.54 Å². The summed E-state index contributed by atoms with van der Waals surface area (Å²) in [4.78, 5) is 12.4. The molecule has 1 aliphatic carbocycles. The average molecular weight is 297 g/mol. The van der Waals surface area contributed by atoms with Crippen molar-refractivity contribution in [3.05, 3.63) is 23.2 Å². The van der Waals surface area contributed by atoms with Crippen molar-refractivity contribution < 1.29 is 9.53 Å². The van der Waals surface area contributed by atoms with Crippen LogP contribution >= 0.6 is 11.6 Å². The summed E-state index contributed by atoms with van der Waals surface area (Å²) in [5.41, 5.74) is 6.15. The molecule has 20 heavy (non-hydrogen) atoms. The van der Waals surface area contributed by atoms with E-state index in [-0.39, 0.29) is 5.91 Å². The van der Waals surface area contributed by atoms with E-state index in [4.69, 9.17) is 22.1 Å². The number of halogens is 1. The van der Waals surface area contributed by atoms with Crippen LogP contribution in [0.4, 0.5) is 5.69 Å². The van der Waals surface area contributed by atoms with Gasteiger partial charge in [0.1, 0.15) is 5.75 Å². The monoisotopic (exact) mass is 296 g/mol. The maximum atomic E-state index is 12.4. The van der Waals surface area contributed by atoms with Gasteiger partial charge in [0.05, 0.1) is 17.7 Å². The molecule has 3 N–H and O–H groups in total. The summed E-state index contributed by atoms with van der Waals surface area (Å²) in [6.45, 7) is 2.14. The Balaban J connectivity index is 2.11. The van der Waals surface area contributed by atoms with Crippen LogP contribution in [0.3, 0.4) is 0 Å². The van der Waals surface area contributed by atoms with Crippen LogP contribution in [0.25, 0.3) is 0 Å². The maximum absolute atomic E-state index is 12.4. The first-order valence-corrected chi connectivity index (χ1v) is 7.26. The second kappa shape index (κ2) is 6.02. The van der Waals surface area contributed by atoms with Gasteiger partial charge in [0, 0.05) is 11.8 Å². The molecule has 1 aromatic carbocycles. The molecule has 0 bridgehead atoms. The molecule has 0 radical (unpaired) electrons. The number of nitrogens with one attached hydrogen (secondary N) is 1. The number of ether oxygens (including phenoxy) is 1. The Morgan fingerprint density at radius 3 is 2.95 bits per heavy atom. The summed E-state index contributed by atoms with van der Waals surface area (Å²) >= 11 is 5.97. The van der Waals surface area contributed by atoms with E-state index >= 15 is 0 Å². The van der Waals surface area contributed by atoms with Gasteiger partial charge in [0.2, 0.25) is 5.91 Å². The lowest BCUT2D eigenvalue weighted by Crippen LogP contribution is -2.53. The normalized spacial score (nSPS) is 26.1. The summed E-state index contributed by atoms with van der Waals surface area (Å²) in [6, 6.07) is 5.15. The zero-order valence-corrected chi connectivity index (χ0v) is 12.7. The Hall–Kier alpha value is -1.26. The highest BCUT2D eigenvalue weighted by atomic mass is 35.5. The molecule has 2 atom stereocenters. The molecule has 0 saturated heterocycles. The number of anilines is 1. The Labute approximate surface area is 124 Å². The fourth-order valence-corrected chi connectivity index (χ4v) is 2.99. The van der Waals surface area contributed by atoms with Crippen LogP contribution in [-0.4, -0.2) is 18.6 Å². The van der Waals surface area contributed by atoms with Gasteiger partial charge in [-0.05, 0) is 30.9 Å². The molecule has 110 valence electrons. The third-order valence-corrected chi connectivity index (χ3v) is 4.21. The van der Waals surface area contributed by atoms with Crippen molar-refractivity contribution >= 4 is 23.2 Å². The summed E-state index contributed by atoms with van der Waals surface area (Å²) in [7, 11) is 1.54. The Bertz CT molecular complexity index is 507. The molecule has 0 aromatic heterocycles. The van der Waals surface area contributed by atoms with E-state index in [1.54, 1.807) is 25.3 Å². The SMILES string of the molecule is COc1cc(NC(=O)C2(N)CCCC(C)C2)ccc1Cl. The van der Waals surface area contributed by atoms with Crippen molar-refractivity contribution in [2.24, 2.45) is 11.7 Å². The zero-order chi connectivity index (χ0) is 14.8. The molecular formula is C15H21ClN2O2. The molecule has 0 aliphatic heterocycles. The molecule has 1 saturated carbocycles. The lowest BCUT2D eigenvalue weighted by Gasteiger charge is -2.35. The molecule has 1 aromatic rings. The minimum absolute atomic E-state index is 0.131. The fraction of sp³-hybridized carbons (Fsp3) is 0.533. The maximum Gasteiger partial charge on any atom is 0.244 e. The van der Waals surface area contributed by atoms with Gasteiger partial charge in [-0.15, -0.1) is 0 Å². The number of carbonyl (C=O) groups is 1. The second-order valence-electron chi connectivity index (χ2n) is 5.66. The number of nitrogens with two attached hydrogens (primary N) is 1. The Kier molecular flexibility index (Phi) is 4.55. The van der Waals surface area contributed by atoms with Gasteiger partial charge in [0.25, 0.3) is 0 Å². The number of carbonyl (C=O) groups excluding carboxylic acids is 1. The highest BCUT2D eigenvalue weighted by molar-refractivity contribution is 6.32. The van der Waals surface area contributed by atoms with Gasteiger partial charge in [-0.2, -0.15) is 0 Å². The van der Waals surface area contributed by atoms with Gasteiger partial charge in [-0.3, -0.25) is 4.79 Å². The highest BCUT2D eigenvalue weighted by Gasteiger charge is 2.37. The van der Waals surface area contributed by atoms with Crippen molar-refractivity contribution in [3.63, 3.8) is 0 Å². The van der Waals surface area contributed by atoms with E-state index in [0.29, 0.717) is 22.4 Å². The largest absolute Gasteiger partial charge is 0.495 e. The van der Waals surface area contributed by atoms with Crippen LogP contribution in [0.5, 0.6) is 5.75 Å². The molecule has 0 spiro atoms. The number of hydrogen-bond acceptors (Lipinski definition) is 3. The predicted molar refractivity (Wildman–Crippen MR) is 81.2 cm³/mol. The zero-order valence-electron chi connectivity index (χ0n) is 11.9. The van der Waals surface area contributed by atoms with Crippen LogP contribution in [0.1, 0.15) is 32.6 Å². The summed E-state index contributed by atoms with van der Waals surface area (Å²) in [5, 5.41) is 3.39. The minimum Gasteiger partial charge on any atom is -0.495 e. The quantitative estimate of drug-likeness (QED) is 0.900. The summed E-state index contributed by atoms with van der Waals surface area (Å²) in [5.74, 6) is 0.889. The van der Waals surface area contributed by atoms with Crippen LogP contribution < -0.4 is 15.8 Å². The van der Waals surface area contributed by atoms with Gasteiger partial charge in [-0.1, -0.05) is 31.4 Å². The van der Waals surface area contributed by atoms with Crippen molar-refractivity contribution in [1.29, 1.82) is 0 Å².